The van der Waals surface area contributed by atoms with Crippen molar-refractivity contribution in [3.63, 3.8) is 0 Å². The second-order valence-corrected chi connectivity index (χ2v) is 6.26. The topological polar surface area (TPSA) is 21.3 Å². The lowest BCUT2D eigenvalue weighted by Crippen LogP contribution is -2.15. The second kappa shape index (κ2) is 7.01. The minimum absolute atomic E-state index is 0.619. The standard InChI is InChI=1S/C18H21NOS/c1-21-18-5-3-2-4-17(18)20-13-15-8-6-14(7-9-15)12-19-16-10-11-16/h2-9,16,19H,10-13H2,1H3. The maximum atomic E-state index is 5.93. The van der Waals surface area contributed by atoms with Crippen LogP contribution >= 0.6 is 11.8 Å². The molecule has 0 amide bonds. The molecule has 0 heterocycles. The highest BCUT2D eigenvalue weighted by atomic mass is 32.2. The fraction of sp³-hybridized carbons (Fsp3) is 0.333. The lowest BCUT2D eigenvalue weighted by atomic mass is 10.1. The van der Waals surface area contributed by atoms with Gasteiger partial charge in [0.2, 0.25) is 0 Å². The fourth-order valence-corrected chi connectivity index (χ4v) is 2.74. The Hall–Kier alpha value is -1.45. The van der Waals surface area contributed by atoms with E-state index in [9.17, 15) is 0 Å². The molecule has 3 heteroatoms. The summed E-state index contributed by atoms with van der Waals surface area (Å²) < 4.78 is 5.93. The molecular formula is C18H21NOS. The molecule has 1 aliphatic rings. The number of benzene rings is 2. The predicted molar refractivity (Wildman–Crippen MR) is 88.9 cm³/mol. The Labute approximate surface area is 130 Å². The molecule has 3 rings (SSSR count). The van der Waals surface area contributed by atoms with Gasteiger partial charge in [-0.2, -0.15) is 0 Å². The first-order chi connectivity index (χ1) is 10.3. The van der Waals surface area contributed by atoms with Gasteiger partial charge in [0.25, 0.3) is 0 Å². The largest absolute Gasteiger partial charge is 0.488 e. The molecule has 0 unspecified atom stereocenters. The Morgan fingerprint density at radius 2 is 1.76 bits per heavy atom. The average molecular weight is 299 g/mol. The Morgan fingerprint density at radius 3 is 2.48 bits per heavy atom. The molecule has 2 aromatic carbocycles. The van der Waals surface area contributed by atoms with Gasteiger partial charge < -0.3 is 10.1 Å². The Kier molecular flexibility index (Phi) is 4.84. The Morgan fingerprint density at radius 1 is 1.05 bits per heavy atom. The number of para-hydroxylation sites is 1. The van der Waals surface area contributed by atoms with Gasteiger partial charge in [-0.15, -0.1) is 11.8 Å². The van der Waals surface area contributed by atoms with Crippen molar-refractivity contribution in [2.45, 2.75) is 36.9 Å². The normalized spacial score (nSPS) is 14.1. The van der Waals surface area contributed by atoms with Crippen molar-refractivity contribution in [1.82, 2.24) is 5.32 Å². The second-order valence-electron chi connectivity index (χ2n) is 5.41. The van der Waals surface area contributed by atoms with Gasteiger partial charge in [0.05, 0.1) is 0 Å². The van der Waals surface area contributed by atoms with Crippen molar-refractivity contribution >= 4 is 11.8 Å². The van der Waals surface area contributed by atoms with Crippen LogP contribution < -0.4 is 10.1 Å². The zero-order valence-corrected chi connectivity index (χ0v) is 13.2. The van der Waals surface area contributed by atoms with Crippen LogP contribution in [0.2, 0.25) is 0 Å². The number of hydrogen-bond donors (Lipinski definition) is 1. The van der Waals surface area contributed by atoms with Gasteiger partial charge in [-0.05, 0) is 42.4 Å². The number of rotatable bonds is 7. The summed E-state index contributed by atoms with van der Waals surface area (Å²) >= 11 is 1.71. The molecule has 1 N–H and O–H groups in total. The molecule has 0 spiro atoms. The molecule has 0 aromatic heterocycles. The van der Waals surface area contributed by atoms with Crippen molar-refractivity contribution in [3.8, 4) is 5.75 Å². The van der Waals surface area contributed by atoms with Crippen LogP contribution in [0.25, 0.3) is 0 Å². The summed E-state index contributed by atoms with van der Waals surface area (Å²) in [6.07, 6.45) is 4.74. The van der Waals surface area contributed by atoms with Crippen LogP contribution in [-0.2, 0) is 13.2 Å². The van der Waals surface area contributed by atoms with E-state index in [0.717, 1.165) is 18.3 Å². The van der Waals surface area contributed by atoms with Gasteiger partial charge >= 0.3 is 0 Å². The van der Waals surface area contributed by atoms with Crippen LogP contribution in [0.15, 0.2) is 53.4 Å². The molecular weight excluding hydrogens is 278 g/mol. The summed E-state index contributed by atoms with van der Waals surface area (Å²) in [5.41, 5.74) is 2.55. The highest BCUT2D eigenvalue weighted by Gasteiger charge is 2.19. The molecule has 2 aromatic rings. The Bertz CT molecular complexity index is 578. The van der Waals surface area contributed by atoms with Gasteiger partial charge in [-0.1, -0.05) is 36.4 Å². The summed E-state index contributed by atoms with van der Waals surface area (Å²) in [7, 11) is 0. The maximum Gasteiger partial charge on any atom is 0.133 e. The highest BCUT2D eigenvalue weighted by Crippen LogP contribution is 2.27. The van der Waals surface area contributed by atoms with Crippen LogP contribution in [0, 0.1) is 0 Å². The van der Waals surface area contributed by atoms with Crippen molar-refractivity contribution in [1.29, 1.82) is 0 Å². The molecule has 21 heavy (non-hydrogen) atoms. The van der Waals surface area contributed by atoms with Gasteiger partial charge in [0, 0.05) is 17.5 Å². The fourth-order valence-electron chi connectivity index (χ4n) is 2.20. The first-order valence-electron chi connectivity index (χ1n) is 7.42. The lowest BCUT2D eigenvalue weighted by molar-refractivity contribution is 0.299. The third-order valence-electron chi connectivity index (χ3n) is 3.66. The highest BCUT2D eigenvalue weighted by molar-refractivity contribution is 7.98. The Balaban J connectivity index is 1.54. The molecule has 0 aliphatic heterocycles. The minimum Gasteiger partial charge on any atom is -0.488 e. The van der Waals surface area contributed by atoms with Gasteiger partial charge in [-0.3, -0.25) is 0 Å². The van der Waals surface area contributed by atoms with Gasteiger partial charge in [0.1, 0.15) is 12.4 Å². The summed E-state index contributed by atoms with van der Waals surface area (Å²) in [5.74, 6) is 0.962. The quantitative estimate of drug-likeness (QED) is 0.773. The number of thioether (sulfide) groups is 1. The smallest absolute Gasteiger partial charge is 0.133 e. The molecule has 0 bridgehead atoms. The van der Waals surface area contributed by atoms with Crippen LogP contribution in [0.5, 0.6) is 5.75 Å². The summed E-state index contributed by atoms with van der Waals surface area (Å²) in [4.78, 5) is 1.18. The molecule has 0 atom stereocenters. The van der Waals surface area contributed by atoms with E-state index < -0.39 is 0 Å². The van der Waals surface area contributed by atoms with Crippen molar-refractivity contribution in [2.24, 2.45) is 0 Å². The van der Waals surface area contributed by atoms with Crippen molar-refractivity contribution in [2.75, 3.05) is 6.26 Å². The predicted octanol–water partition coefficient (Wildman–Crippen LogP) is 4.24. The maximum absolute atomic E-state index is 5.93. The van der Waals surface area contributed by atoms with E-state index in [1.54, 1.807) is 11.8 Å². The van der Waals surface area contributed by atoms with E-state index in [0.29, 0.717) is 6.61 Å². The number of ether oxygens (including phenoxy) is 1. The van der Waals surface area contributed by atoms with E-state index >= 15 is 0 Å². The van der Waals surface area contributed by atoms with E-state index in [1.807, 2.05) is 18.2 Å². The molecule has 0 radical (unpaired) electrons. The molecule has 1 saturated carbocycles. The van der Waals surface area contributed by atoms with Gasteiger partial charge in [0.15, 0.2) is 0 Å². The third kappa shape index (κ3) is 4.26. The number of nitrogens with one attached hydrogen (secondary N) is 1. The van der Waals surface area contributed by atoms with E-state index in [2.05, 4.69) is 41.9 Å². The van der Waals surface area contributed by atoms with Crippen LogP contribution in [0.3, 0.4) is 0 Å². The van der Waals surface area contributed by atoms with Gasteiger partial charge in [-0.25, -0.2) is 0 Å². The average Bonchev–Trinajstić information content (AvgIpc) is 3.36. The first kappa shape index (κ1) is 14.5. The number of hydrogen-bond acceptors (Lipinski definition) is 3. The zero-order valence-electron chi connectivity index (χ0n) is 12.3. The van der Waals surface area contributed by atoms with E-state index in [1.165, 1.54) is 28.9 Å². The SMILES string of the molecule is CSc1ccccc1OCc1ccc(CNC2CC2)cc1. The monoisotopic (exact) mass is 299 g/mol. The molecule has 110 valence electrons. The minimum atomic E-state index is 0.619. The van der Waals surface area contributed by atoms with Crippen molar-refractivity contribution in [3.05, 3.63) is 59.7 Å². The first-order valence-corrected chi connectivity index (χ1v) is 8.64. The lowest BCUT2D eigenvalue weighted by Gasteiger charge is -2.10. The van der Waals surface area contributed by atoms with Crippen LogP contribution in [0.4, 0.5) is 0 Å². The van der Waals surface area contributed by atoms with E-state index in [4.69, 9.17) is 4.74 Å². The van der Waals surface area contributed by atoms with Crippen LogP contribution in [0.1, 0.15) is 24.0 Å². The molecule has 1 fully saturated rings. The van der Waals surface area contributed by atoms with E-state index in [-0.39, 0.29) is 0 Å². The van der Waals surface area contributed by atoms with Crippen molar-refractivity contribution < 1.29 is 4.74 Å². The van der Waals surface area contributed by atoms with Crippen LogP contribution in [-0.4, -0.2) is 12.3 Å². The molecule has 0 saturated heterocycles. The molecule has 1 aliphatic carbocycles. The zero-order chi connectivity index (χ0) is 14.5. The summed E-state index contributed by atoms with van der Waals surface area (Å²) in [5, 5.41) is 3.53. The summed E-state index contributed by atoms with van der Waals surface area (Å²) in [6, 6.07) is 17.6. The third-order valence-corrected chi connectivity index (χ3v) is 4.44. The summed E-state index contributed by atoms with van der Waals surface area (Å²) in [6.45, 7) is 1.59. The molecule has 2 nitrogen and oxygen atoms in total.